The fourth-order valence-electron chi connectivity index (χ4n) is 2.01. The van der Waals surface area contributed by atoms with Gasteiger partial charge in [0, 0.05) is 12.5 Å². The zero-order valence-corrected chi connectivity index (χ0v) is 9.88. The van der Waals surface area contributed by atoms with Gasteiger partial charge in [-0.1, -0.05) is 30.3 Å². The minimum atomic E-state index is -1.26. The Bertz CT molecular complexity index is 388. The third kappa shape index (κ3) is 3.43. The maximum Gasteiger partial charge on any atom is 0.407 e. The number of amides is 1. The van der Waals surface area contributed by atoms with Crippen LogP contribution in [0.2, 0.25) is 0 Å². The molecule has 5 heteroatoms. The van der Waals surface area contributed by atoms with Crippen LogP contribution in [0.3, 0.4) is 0 Å². The molecule has 1 fully saturated rings. The fourth-order valence-corrected chi connectivity index (χ4v) is 2.01. The van der Waals surface area contributed by atoms with Crippen molar-refractivity contribution in [1.29, 1.82) is 0 Å². The Hall–Kier alpha value is -1.62. The van der Waals surface area contributed by atoms with E-state index >= 15 is 0 Å². The molecule has 0 bridgehead atoms. The van der Waals surface area contributed by atoms with E-state index in [-0.39, 0.29) is 25.5 Å². The van der Waals surface area contributed by atoms with E-state index < -0.39 is 18.4 Å². The van der Waals surface area contributed by atoms with E-state index in [4.69, 9.17) is 4.74 Å². The van der Waals surface area contributed by atoms with Crippen LogP contribution in [-0.4, -0.2) is 29.5 Å². The van der Waals surface area contributed by atoms with Gasteiger partial charge in [-0.25, -0.2) is 9.18 Å². The molecule has 1 aliphatic carbocycles. The third-order valence-corrected chi connectivity index (χ3v) is 2.99. The molecule has 1 aromatic carbocycles. The number of aliphatic hydroxyl groups excluding tert-OH is 1. The molecule has 0 heterocycles. The second-order valence-corrected chi connectivity index (χ2v) is 4.46. The average Bonchev–Trinajstić information content (AvgIpc) is 2.67. The number of hydrogen-bond donors (Lipinski definition) is 2. The summed E-state index contributed by atoms with van der Waals surface area (Å²) in [6.07, 6.45) is -2.44. The SMILES string of the molecule is O=C(NC1CC(O)C(F)C1)OCc1ccccc1. The second-order valence-electron chi connectivity index (χ2n) is 4.46. The van der Waals surface area contributed by atoms with E-state index in [1.165, 1.54) is 0 Å². The van der Waals surface area contributed by atoms with E-state index in [9.17, 15) is 14.3 Å². The van der Waals surface area contributed by atoms with Crippen molar-refractivity contribution >= 4 is 6.09 Å². The van der Waals surface area contributed by atoms with Crippen LogP contribution in [0.5, 0.6) is 0 Å². The van der Waals surface area contributed by atoms with Gasteiger partial charge in [-0.15, -0.1) is 0 Å². The largest absolute Gasteiger partial charge is 0.445 e. The molecule has 2 rings (SSSR count). The predicted molar refractivity (Wildman–Crippen MR) is 63.7 cm³/mol. The molecular formula is C13H16FNO3. The molecule has 0 aliphatic heterocycles. The smallest absolute Gasteiger partial charge is 0.407 e. The molecule has 0 radical (unpaired) electrons. The van der Waals surface area contributed by atoms with Gasteiger partial charge in [0.2, 0.25) is 0 Å². The van der Waals surface area contributed by atoms with Crippen molar-refractivity contribution in [3.05, 3.63) is 35.9 Å². The van der Waals surface area contributed by atoms with Crippen molar-refractivity contribution in [2.75, 3.05) is 0 Å². The van der Waals surface area contributed by atoms with Gasteiger partial charge in [0.1, 0.15) is 12.8 Å². The summed E-state index contributed by atoms with van der Waals surface area (Å²) in [5.41, 5.74) is 0.891. The number of nitrogens with one attached hydrogen (secondary N) is 1. The van der Waals surface area contributed by atoms with Crippen LogP contribution in [0.1, 0.15) is 18.4 Å². The second kappa shape index (κ2) is 5.82. The third-order valence-electron chi connectivity index (χ3n) is 2.99. The van der Waals surface area contributed by atoms with Crippen molar-refractivity contribution in [2.45, 2.75) is 37.8 Å². The van der Waals surface area contributed by atoms with Crippen LogP contribution in [0.4, 0.5) is 9.18 Å². The number of halogens is 1. The molecule has 0 saturated heterocycles. The first-order chi connectivity index (χ1) is 8.65. The Labute approximate surface area is 105 Å². The van der Waals surface area contributed by atoms with Crippen molar-refractivity contribution in [1.82, 2.24) is 5.32 Å². The summed E-state index contributed by atoms with van der Waals surface area (Å²) in [7, 11) is 0. The maximum atomic E-state index is 13.0. The Kier molecular flexibility index (Phi) is 4.15. The number of alkyl halides is 1. The monoisotopic (exact) mass is 253 g/mol. The molecule has 1 aliphatic rings. The van der Waals surface area contributed by atoms with E-state index in [2.05, 4.69) is 5.32 Å². The number of rotatable bonds is 3. The number of carbonyl (C=O) groups excluding carboxylic acids is 1. The molecule has 2 N–H and O–H groups in total. The number of carbonyl (C=O) groups is 1. The summed E-state index contributed by atoms with van der Waals surface area (Å²) in [6, 6.07) is 8.95. The quantitative estimate of drug-likeness (QED) is 0.863. The molecule has 1 aromatic rings. The summed E-state index contributed by atoms with van der Waals surface area (Å²) in [4.78, 5) is 11.4. The summed E-state index contributed by atoms with van der Waals surface area (Å²) in [6.45, 7) is 0.182. The summed E-state index contributed by atoms with van der Waals surface area (Å²) < 4.78 is 18.0. The minimum absolute atomic E-state index is 0.140. The highest BCUT2D eigenvalue weighted by molar-refractivity contribution is 5.67. The Morgan fingerprint density at radius 2 is 2.11 bits per heavy atom. The van der Waals surface area contributed by atoms with Crippen molar-refractivity contribution in [3.8, 4) is 0 Å². The lowest BCUT2D eigenvalue weighted by molar-refractivity contribution is 0.103. The molecule has 98 valence electrons. The lowest BCUT2D eigenvalue weighted by Gasteiger charge is -2.12. The Balaban J connectivity index is 1.73. The fraction of sp³-hybridized carbons (Fsp3) is 0.462. The van der Waals surface area contributed by atoms with Crippen molar-refractivity contribution in [2.24, 2.45) is 0 Å². The highest BCUT2D eigenvalue weighted by Crippen LogP contribution is 2.22. The van der Waals surface area contributed by atoms with Gasteiger partial charge in [0.15, 0.2) is 0 Å². The molecular weight excluding hydrogens is 237 g/mol. The molecule has 1 amide bonds. The Morgan fingerprint density at radius 3 is 2.72 bits per heavy atom. The normalized spacial score (nSPS) is 26.9. The van der Waals surface area contributed by atoms with E-state index in [1.807, 2.05) is 30.3 Å². The number of aliphatic hydroxyl groups is 1. The van der Waals surface area contributed by atoms with Gasteiger partial charge >= 0.3 is 6.09 Å². The lowest BCUT2D eigenvalue weighted by Crippen LogP contribution is -2.33. The van der Waals surface area contributed by atoms with Gasteiger partial charge in [0.25, 0.3) is 0 Å². The Morgan fingerprint density at radius 1 is 1.39 bits per heavy atom. The van der Waals surface area contributed by atoms with E-state index in [1.54, 1.807) is 0 Å². The zero-order valence-electron chi connectivity index (χ0n) is 9.88. The zero-order chi connectivity index (χ0) is 13.0. The topological polar surface area (TPSA) is 58.6 Å². The molecule has 3 unspecified atom stereocenters. The van der Waals surface area contributed by atoms with Crippen LogP contribution in [0.15, 0.2) is 30.3 Å². The van der Waals surface area contributed by atoms with Crippen LogP contribution in [0.25, 0.3) is 0 Å². The van der Waals surface area contributed by atoms with E-state index in [0.717, 1.165) is 5.56 Å². The molecule has 4 nitrogen and oxygen atoms in total. The minimum Gasteiger partial charge on any atom is -0.445 e. The van der Waals surface area contributed by atoms with E-state index in [0.29, 0.717) is 0 Å². The standard InChI is InChI=1S/C13H16FNO3/c14-11-6-10(7-12(11)16)15-13(17)18-8-9-4-2-1-3-5-9/h1-5,10-12,16H,6-8H2,(H,15,17). The first-order valence-electron chi connectivity index (χ1n) is 5.94. The molecule has 1 saturated carbocycles. The summed E-state index contributed by atoms with van der Waals surface area (Å²) >= 11 is 0. The van der Waals surface area contributed by atoms with Gasteiger partial charge in [0.05, 0.1) is 6.10 Å². The van der Waals surface area contributed by atoms with Crippen LogP contribution in [-0.2, 0) is 11.3 Å². The van der Waals surface area contributed by atoms with Gasteiger partial charge in [-0.05, 0) is 12.0 Å². The van der Waals surface area contributed by atoms with Crippen LogP contribution in [0, 0.1) is 0 Å². The number of benzene rings is 1. The molecule has 0 spiro atoms. The number of hydrogen-bond acceptors (Lipinski definition) is 3. The first kappa shape index (κ1) is 12.8. The molecule has 3 atom stereocenters. The molecule has 18 heavy (non-hydrogen) atoms. The molecule has 0 aromatic heterocycles. The summed E-state index contributed by atoms with van der Waals surface area (Å²) in [5, 5.41) is 11.8. The number of alkyl carbamates (subject to hydrolysis) is 1. The average molecular weight is 253 g/mol. The van der Waals surface area contributed by atoms with Gasteiger partial charge in [-0.3, -0.25) is 0 Å². The van der Waals surface area contributed by atoms with Gasteiger partial charge in [-0.2, -0.15) is 0 Å². The lowest BCUT2D eigenvalue weighted by atomic mass is 10.2. The van der Waals surface area contributed by atoms with Crippen LogP contribution < -0.4 is 5.32 Å². The first-order valence-corrected chi connectivity index (χ1v) is 5.94. The van der Waals surface area contributed by atoms with Crippen molar-refractivity contribution < 1.29 is 19.0 Å². The predicted octanol–water partition coefficient (Wildman–Crippen LogP) is 1.77. The maximum absolute atomic E-state index is 13.0. The highest BCUT2D eigenvalue weighted by atomic mass is 19.1. The van der Waals surface area contributed by atoms with Crippen LogP contribution >= 0.6 is 0 Å². The highest BCUT2D eigenvalue weighted by Gasteiger charge is 2.33. The summed E-state index contributed by atoms with van der Waals surface area (Å²) in [5.74, 6) is 0. The van der Waals surface area contributed by atoms with Crippen molar-refractivity contribution in [3.63, 3.8) is 0 Å². The number of ether oxygens (including phenoxy) is 1. The van der Waals surface area contributed by atoms with Gasteiger partial charge < -0.3 is 15.2 Å².